The van der Waals surface area contributed by atoms with Gasteiger partial charge in [-0.25, -0.2) is 4.79 Å². The number of hydrogen-bond donors (Lipinski definition) is 0. The van der Waals surface area contributed by atoms with Crippen LogP contribution in [0.3, 0.4) is 0 Å². The molecule has 0 saturated carbocycles. The van der Waals surface area contributed by atoms with Crippen LogP contribution in [0.25, 0.3) is 11.1 Å². The Hall–Kier alpha value is -3.60. The molecule has 0 fully saturated rings. The predicted molar refractivity (Wildman–Crippen MR) is 113 cm³/mol. The van der Waals surface area contributed by atoms with Gasteiger partial charge in [-0.05, 0) is 44.0 Å². The summed E-state index contributed by atoms with van der Waals surface area (Å²) in [6.45, 7) is 9.13. The van der Waals surface area contributed by atoms with Crippen LogP contribution in [-0.2, 0) is 17.5 Å². The molecule has 2 rings (SSSR count). The molecule has 0 radical (unpaired) electrons. The molecule has 0 bridgehead atoms. The van der Waals surface area contributed by atoms with Crippen LogP contribution in [0.15, 0.2) is 47.6 Å². The largest absolute Gasteiger partial charge is 0.465 e. The van der Waals surface area contributed by atoms with E-state index in [2.05, 4.69) is 11.6 Å². The van der Waals surface area contributed by atoms with Gasteiger partial charge in [0.1, 0.15) is 0 Å². The van der Waals surface area contributed by atoms with E-state index in [0.29, 0.717) is 23.5 Å². The van der Waals surface area contributed by atoms with E-state index >= 15 is 0 Å². The molecular weight excluding hydrogens is 407 g/mol. The third-order valence-electron chi connectivity index (χ3n) is 4.96. The predicted octanol–water partition coefficient (Wildman–Crippen LogP) is 5.61. The van der Waals surface area contributed by atoms with Gasteiger partial charge in [0, 0.05) is 35.9 Å². The van der Waals surface area contributed by atoms with Gasteiger partial charge in [-0.1, -0.05) is 18.7 Å². The van der Waals surface area contributed by atoms with Crippen LogP contribution in [0, 0.1) is 25.2 Å². The molecule has 0 aliphatic carbocycles. The maximum atomic E-state index is 13.5. The average Bonchev–Trinajstić information content (AvgIpc) is 2.99. The first-order valence-electron chi connectivity index (χ1n) is 9.29. The zero-order valence-corrected chi connectivity index (χ0v) is 17.7. The van der Waals surface area contributed by atoms with Gasteiger partial charge >= 0.3 is 12.1 Å². The first kappa shape index (κ1) is 23.7. The van der Waals surface area contributed by atoms with Crippen molar-refractivity contribution in [1.82, 2.24) is 4.57 Å². The van der Waals surface area contributed by atoms with Crippen LogP contribution < -0.4 is 0 Å². The molecule has 0 N–H and O–H groups in total. The molecule has 162 valence electrons. The highest BCUT2D eigenvalue weighted by molar-refractivity contribution is 6.00. The fourth-order valence-electron chi connectivity index (χ4n) is 3.39. The summed E-state index contributed by atoms with van der Waals surface area (Å²) in [5.41, 5.74) is 1.09. The molecule has 0 saturated heterocycles. The topological polar surface area (TPSA) is 67.4 Å². The fraction of sp³-hybridized carbons (Fsp3) is 0.261. The first-order valence-corrected chi connectivity index (χ1v) is 9.29. The molecule has 0 atom stereocenters. The molecule has 1 aromatic heterocycles. The second-order valence-electron chi connectivity index (χ2n) is 6.69. The second-order valence-corrected chi connectivity index (χ2v) is 6.69. The highest BCUT2D eigenvalue weighted by atomic mass is 19.4. The van der Waals surface area contributed by atoms with E-state index in [4.69, 9.17) is 10.00 Å². The van der Waals surface area contributed by atoms with Crippen LogP contribution in [0.2, 0.25) is 0 Å². The van der Waals surface area contributed by atoms with Gasteiger partial charge in [-0.15, -0.1) is 0 Å². The number of alkyl halides is 3. The number of nitriles is 1. The number of benzene rings is 1. The van der Waals surface area contributed by atoms with Gasteiger partial charge in [-0.3, -0.25) is 4.99 Å². The van der Waals surface area contributed by atoms with Crippen molar-refractivity contribution in [2.24, 2.45) is 4.99 Å². The summed E-state index contributed by atoms with van der Waals surface area (Å²) < 4.78 is 47.2. The summed E-state index contributed by atoms with van der Waals surface area (Å²) in [6, 6.07) is 4.98. The number of aliphatic imine (C=N–C) groups is 1. The summed E-state index contributed by atoms with van der Waals surface area (Å²) in [4.78, 5) is 16.6. The molecule has 0 aliphatic rings. The molecule has 5 nitrogen and oxygen atoms in total. The van der Waals surface area contributed by atoms with Gasteiger partial charge < -0.3 is 9.30 Å². The second kappa shape index (κ2) is 9.47. The first-order chi connectivity index (χ1) is 14.6. The molecule has 2 aromatic rings. The van der Waals surface area contributed by atoms with Gasteiger partial charge in [0.2, 0.25) is 0 Å². The number of carbonyl (C=O) groups excluding carboxylic acids is 1. The maximum Gasteiger partial charge on any atom is 0.417 e. The van der Waals surface area contributed by atoms with E-state index in [-0.39, 0.29) is 11.1 Å². The third kappa shape index (κ3) is 4.77. The van der Waals surface area contributed by atoms with Crippen molar-refractivity contribution >= 4 is 12.2 Å². The quantitative estimate of drug-likeness (QED) is 0.443. The number of halogens is 3. The van der Waals surface area contributed by atoms with Crippen molar-refractivity contribution in [3.05, 3.63) is 70.7 Å². The minimum Gasteiger partial charge on any atom is -0.465 e. The van der Waals surface area contributed by atoms with Crippen LogP contribution in [0.5, 0.6) is 0 Å². The standard InChI is InChI=1S/C23H22F3N3O2/c1-6-16(12-28-7-2)13-29-14(3)20(21(15(29)4)22(30)31-5)17-8-9-18(11-27)19(10-17)23(24,25)26/h6-10,12H,2,13H2,1,3-5H3/b16-6+,28-12?. The van der Waals surface area contributed by atoms with Crippen molar-refractivity contribution in [2.75, 3.05) is 7.11 Å². The third-order valence-corrected chi connectivity index (χ3v) is 4.96. The molecule has 1 heterocycles. The lowest BCUT2D eigenvalue weighted by atomic mass is 9.96. The van der Waals surface area contributed by atoms with Crippen molar-refractivity contribution < 1.29 is 22.7 Å². The molecular formula is C23H22F3N3O2. The van der Waals surface area contributed by atoms with Crippen molar-refractivity contribution in [3.63, 3.8) is 0 Å². The Kier molecular flexibility index (Phi) is 7.24. The van der Waals surface area contributed by atoms with E-state index in [9.17, 15) is 18.0 Å². The van der Waals surface area contributed by atoms with E-state index in [0.717, 1.165) is 17.7 Å². The SMILES string of the molecule is C=CN=C/C(=C\C)Cn1c(C)c(C(=O)OC)c(-c2ccc(C#N)c(C(F)(F)F)c2)c1C. The Bertz CT molecular complexity index is 1120. The molecule has 0 unspecified atom stereocenters. The number of allylic oxidation sites excluding steroid dienone is 2. The normalized spacial score (nSPS) is 12.1. The summed E-state index contributed by atoms with van der Waals surface area (Å²) in [7, 11) is 1.21. The number of hydrogen-bond acceptors (Lipinski definition) is 4. The monoisotopic (exact) mass is 429 g/mol. The van der Waals surface area contributed by atoms with E-state index in [1.165, 1.54) is 19.4 Å². The van der Waals surface area contributed by atoms with Crippen LogP contribution in [-0.4, -0.2) is 23.9 Å². The zero-order valence-electron chi connectivity index (χ0n) is 17.7. The maximum absolute atomic E-state index is 13.5. The number of ether oxygens (including phenoxy) is 1. The Morgan fingerprint density at radius 1 is 1.32 bits per heavy atom. The lowest BCUT2D eigenvalue weighted by molar-refractivity contribution is -0.137. The number of rotatable bonds is 6. The number of methoxy groups -OCH3 is 1. The van der Waals surface area contributed by atoms with Crippen molar-refractivity contribution in [3.8, 4) is 17.2 Å². The van der Waals surface area contributed by atoms with Gasteiger partial charge in [0.25, 0.3) is 0 Å². The Morgan fingerprint density at radius 3 is 2.52 bits per heavy atom. The average molecular weight is 429 g/mol. The number of carbonyl (C=O) groups is 1. The van der Waals surface area contributed by atoms with Crippen molar-refractivity contribution in [2.45, 2.75) is 33.5 Å². The van der Waals surface area contributed by atoms with Gasteiger partial charge in [0.05, 0.1) is 29.9 Å². The summed E-state index contributed by atoms with van der Waals surface area (Å²) in [5.74, 6) is -0.658. The number of esters is 1. The van der Waals surface area contributed by atoms with Gasteiger partial charge in [-0.2, -0.15) is 18.4 Å². The van der Waals surface area contributed by atoms with Crippen LogP contribution >= 0.6 is 0 Å². The fourth-order valence-corrected chi connectivity index (χ4v) is 3.39. The lowest BCUT2D eigenvalue weighted by Gasteiger charge is -2.12. The Balaban J connectivity index is 2.79. The van der Waals surface area contributed by atoms with Gasteiger partial charge in [0.15, 0.2) is 0 Å². The zero-order chi connectivity index (χ0) is 23.3. The Morgan fingerprint density at radius 2 is 2.00 bits per heavy atom. The minimum absolute atomic E-state index is 0.174. The summed E-state index contributed by atoms with van der Waals surface area (Å²) >= 11 is 0. The van der Waals surface area contributed by atoms with Crippen LogP contribution in [0.4, 0.5) is 13.2 Å². The minimum atomic E-state index is -4.71. The Labute approximate surface area is 178 Å². The molecule has 0 aliphatic heterocycles. The highest BCUT2D eigenvalue weighted by Gasteiger charge is 2.35. The lowest BCUT2D eigenvalue weighted by Crippen LogP contribution is -2.09. The summed E-state index contributed by atoms with van der Waals surface area (Å²) in [5, 5.41) is 9.07. The smallest absolute Gasteiger partial charge is 0.417 e. The highest BCUT2D eigenvalue weighted by Crippen LogP contribution is 2.38. The summed E-state index contributed by atoms with van der Waals surface area (Å²) in [6.07, 6.45) is 0.135. The number of aromatic nitrogens is 1. The van der Waals surface area contributed by atoms with E-state index in [1.54, 1.807) is 26.1 Å². The van der Waals surface area contributed by atoms with E-state index in [1.807, 2.05) is 17.6 Å². The molecule has 1 aromatic carbocycles. The van der Waals surface area contributed by atoms with Crippen molar-refractivity contribution in [1.29, 1.82) is 5.26 Å². The molecule has 31 heavy (non-hydrogen) atoms. The molecule has 0 amide bonds. The molecule has 8 heteroatoms. The molecule has 0 spiro atoms. The number of nitrogens with zero attached hydrogens (tertiary/aromatic N) is 3. The van der Waals surface area contributed by atoms with Crippen LogP contribution in [0.1, 0.15) is 39.8 Å². The van der Waals surface area contributed by atoms with E-state index < -0.39 is 23.3 Å².